The smallest absolute Gasteiger partial charge is 0.333 e. The third-order valence-electron chi connectivity index (χ3n) is 6.37. The van der Waals surface area contributed by atoms with E-state index in [2.05, 4.69) is 0 Å². The van der Waals surface area contributed by atoms with Crippen molar-refractivity contribution in [2.75, 3.05) is 14.2 Å². The molecule has 0 amide bonds. The van der Waals surface area contributed by atoms with Crippen molar-refractivity contribution in [1.29, 1.82) is 0 Å². The maximum Gasteiger partial charge on any atom is 0.333 e. The number of ketones is 2. The summed E-state index contributed by atoms with van der Waals surface area (Å²) in [6, 6.07) is 9.42. The fraction of sp³-hybridized carbons (Fsp3) is 0.393. The van der Waals surface area contributed by atoms with Gasteiger partial charge >= 0.3 is 5.97 Å². The van der Waals surface area contributed by atoms with Gasteiger partial charge in [-0.05, 0) is 47.9 Å². The average Bonchev–Trinajstić information content (AvgIpc) is 2.91. The van der Waals surface area contributed by atoms with Crippen LogP contribution >= 0.6 is 0 Å². The number of benzene rings is 2. The number of carboxylic acids is 1. The number of methoxy groups -OCH3 is 2. The molecule has 0 saturated carbocycles. The van der Waals surface area contributed by atoms with Crippen LogP contribution in [0.5, 0.6) is 23.0 Å². The van der Waals surface area contributed by atoms with Gasteiger partial charge < -0.3 is 39.4 Å². The third-order valence-corrected chi connectivity index (χ3v) is 6.37. The number of aromatic hydroxyl groups is 1. The van der Waals surface area contributed by atoms with Crippen molar-refractivity contribution in [3.63, 3.8) is 0 Å². The molecule has 5 unspecified atom stereocenters. The number of aliphatic hydroxyl groups excluding tert-OH is 2. The number of aliphatic carboxylic acids is 1. The first-order valence-corrected chi connectivity index (χ1v) is 12.2. The number of allylic oxidation sites excluding steroid dienone is 1. The van der Waals surface area contributed by atoms with E-state index >= 15 is 0 Å². The summed E-state index contributed by atoms with van der Waals surface area (Å²) >= 11 is 0. The van der Waals surface area contributed by atoms with E-state index in [0.29, 0.717) is 17.7 Å². The standard InChI is InChI=1S/C28H32O11/c1-15-24(32)25(33)28(39-26(15)27(34)35)38-21-11-7-17(13-23(21)37-3)5-9-19(30)14-18(29)8-4-16-6-10-20(31)22(12-16)36-2/h5-7,9-13,15,24-26,28,31-33H,4,8,14H2,1-3H3,(H,34,35)/b9-5+. The number of hydrogen-bond acceptors (Lipinski definition) is 10. The second-order valence-corrected chi connectivity index (χ2v) is 9.15. The van der Waals surface area contributed by atoms with Gasteiger partial charge in [-0.15, -0.1) is 0 Å². The van der Waals surface area contributed by atoms with Crippen LogP contribution < -0.4 is 14.2 Å². The highest BCUT2D eigenvalue weighted by molar-refractivity contribution is 6.06. The summed E-state index contributed by atoms with van der Waals surface area (Å²) in [5.74, 6) is -2.12. The van der Waals surface area contributed by atoms with Crippen molar-refractivity contribution in [1.82, 2.24) is 0 Å². The molecular formula is C28H32O11. The first kappa shape index (κ1) is 29.6. The van der Waals surface area contributed by atoms with E-state index in [4.69, 9.17) is 18.9 Å². The van der Waals surface area contributed by atoms with E-state index < -0.39 is 36.5 Å². The van der Waals surface area contributed by atoms with Gasteiger partial charge in [-0.1, -0.05) is 25.1 Å². The van der Waals surface area contributed by atoms with Crippen molar-refractivity contribution in [3.05, 3.63) is 53.6 Å². The molecule has 0 radical (unpaired) electrons. The number of carbonyl (C=O) groups excluding carboxylic acids is 2. The number of phenols is 1. The van der Waals surface area contributed by atoms with Crippen LogP contribution in [-0.4, -0.2) is 76.8 Å². The SMILES string of the molecule is COc1cc(CCC(=O)CC(=O)/C=C/c2ccc(OC3OC(C(=O)O)C(C)C(O)C3O)c(OC)c2)ccc1O. The molecule has 0 aromatic heterocycles. The number of ether oxygens (including phenoxy) is 4. The van der Waals surface area contributed by atoms with Crippen molar-refractivity contribution >= 4 is 23.6 Å². The first-order valence-electron chi connectivity index (χ1n) is 12.2. The topological polar surface area (TPSA) is 169 Å². The van der Waals surface area contributed by atoms with Gasteiger partial charge in [0, 0.05) is 12.3 Å². The molecular weight excluding hydrogens is 512 g/mol. The van der Waals surface area contributed by atoms with Crippen molar-refractivity contribution in [2.24, 2.45) is 5.92 Å². The Balaban J connectivity index is 1.59. The molecule has 1 aliphatic rings. The lowest BCUT2D eigenvalue weighted by atomic mass is 9.91. The fourth-order valence-corrected chi connectivity index (χ4v) is 4.08. The van der Waals surface area contributed by atoms with Gasteiger partial charge in [0.05, 0.1) is 26.7 Å². The van der Waals surface area contributed by atoms with Crippen LogP contribution in [0, 0.1) is 5.92 Å². The molecule has 0 spiro atoms. The minimum atomic E-state index is -1.49. The highest BCUT2D eigenvalue weighted by Crippen LogP contribution is 2.33. The van der Waals surface area contributed by atoms with E-state index in [1.54, 1.807) is 24.3 Å². The molecule has 3 rings (SSSR count). The molecule has 39 heavy (non-hydrogen) atoms. The van der Waals surface area contributed by atoms with E-state index in [0.717, 1.165) is 5.56 Å². The molecule has 1 saturated heterocycles. The van der Waals surface area contributed by atoms with E-state index in [1.807, 2.05) is 0 Å². The van der Waals surface area contributed by atoms with Gasteiger partial charge in [-0.25, -0.2) is 4.79 Å². The maximum atomic E-state index is 12.3. The van der Waals surface area contributed by atoms with Crippen LogP contribution in [0.25, 0.3) is 6.08 Å². The molecule has 210 valence electrons. The van der Waals surface area contributed by atoms with Crippen LogP contribution in [0.3, 0.4) is 0 Å². The predicted octanol–water partition coefficient (Wildman–Crippen LogP) is 2.13. The number of phenolic OH excluding ortho intramolecular Hbond substituents is 1. The molecule has 0 bridgehead atoms. The normalized spacial score (nSPS) is 22.8. The fourth-order valence-electron chi connectivity index (χ4n) is 4.08. The molecule has 1 heterocycles. The van der Waals surface area contributed by atoms with Crippen molar-refractivity contribution in [3.8, 4) is 23.0 Å². The summed E-state index contributed by atoms with van der Waals surface area (Å²) in [6.07, 6.45) is -2.65. The van der Waals surface area contributed by atoms with E-state index in [1.165, 1.54) is 45.4 Å². The zero-order valence-corrected chi connectivity index (χ0v) is 21.8. The summed E-state index contributed by atoms with van der Waals surface area (Å²) in [6.45, 7) is 1.45. The quantitative estimate of drug-likeness (QED) is 0.228. The van der Waals surface area contributed by atoms with Crippen molar-refractivity contribution < 1.29 is 53.8 Å². The lowest BCUT2D eigenvalue weighted by Crippen LogP contribution is -2.57. The molecule has 2 aromatic rings. The minimum absolute atomic E-state index is 0.00397. The number of aliphatic hydroxyl groups is 2. The van der Waals surface area contributed by atoms with Crippen LogP contribution in [0.1, 0.15) is 30.9 Å². The zero-order valence-electron chi connectivity index (χ0n) is 21.8. The molecule has 5 atom stereocenters. The Hall–Kier alpha value is -3.93. The predicted molar refractivity (Wildman–Crippen MR) is 138 cm³/mol. The molecule has 11 nitrogen and oxygen atoms in total. The number of carboxylic acid groups (broad SMARTS) is 1. The highest BCUT2D eigenvalue weighted by atomic mass is 16.7. The van der Waals surface area contributed by atoms with Crippen LogP contribution in [-0.2, 0) is 25.5 Å². The second-order valence-electron chi connectivity index (χ2n) is 9.15. The Bertz CT molecular complexity index is 1220. The third kappa shape index (κ3) is 7.56. The summed E-state index contributed by atoms with van der Waals surface area (Å²) in [7, 11) is 2.81. The Morgan fingerprint density at radius 2 is 1.69 bits per heavy atom. The molecule has 2 aromatic carbocycles. The molecule has 11 heteroatoms. The number of carbonyl (C=O) groups is 3. The van der Waals surface area contributed by atoms with Crippen LogP contribution in [0.2, 0.25) is 0 Å². The van der Waals surface area contributed by atoms with Gasteiger partial charge in [0.2, 0.25) is 6.29 Å². The number of Topliss-reactive ketones (excluding diaryl/α,β-unsaturated/α-hetero) is 1. The Labute approximate surface area is 225 Å². The van der Waals surface area contributed by atoms with E-state index in [9.17, 15) is 34.8 Å². The molecule has 1 fully saturated rings. The monoisotopic (exact) mass is 544 g/mol. The molecule has 4 N–H and O–H groups in total. The second kappa shape index (κ2) is 13.2. The van der Waals surface area contributed by atoms with Crippen molar-refractivity contribution in [2.45, 2.75) is 50.8 Å². The van der Waals surface area contributed by atoms with Crippen LogP contribution in [0.4, 0.5) is 0 Å². The Morgan fingerprint density at radius 3 is 2.36 bits per heavy atom. The lowest BCUT2D eigenvalue weighted by Gasteiger charge is -2.39. The molecule has 0 aliphatic carbocycles. The maximum absolute atomic E-state index is 12.3. The highest BCUT2D eigenvalue weighted by Gasteiger charge is 2.46. The van der Waals surface area contributed by atoms with E-state index in [-0.39, 0.29) is 41.7 Å². The van der Waals surface area contributed by atoms with Gasteiger partial charge in [0.25, 0.3) is 0 Å². The van der Waals surface area contributed by atoms with Gasteiger partial charge in [0.15, 0.2) is 34.9 Å². The minimum Gasteiger partial charge on any atom is -0.504 e. The van der Waals surface area contributed by atoms with Crippen LogP contribution in [0.15, 0.2) is 42.5 Å². The number of hydrogen-bond donors (Lipinski definition) is 4. The summed E-state index contributed by atoms with van der Waals surface area (Å²) < 4.78 is 21.4. The first-order chi connectivity index (χ1) is 18.5. The zero-order chi connectivity index (χ0) is 28.7. The Morgan fingerprint density at radius 1 is 0.974 bits per heavy atom. The average molecular weight is 545 g/mol. The summed E-state index contributed by atoms with van der Waals surface area (Å²) in [4.78, 5) is 36.0. The van der Waals surface area contributed by atoms with Gasteiger partial charge in [-0.2, -0.15) is 0 Å². The lowest BCUT2D eigenvalue weighted by molar-refractivity contribution is -0.256. The summed E-state index contributed by atoms with van der Waals surface area (Å²) in [5, 5.41) is 39.5. The number of rotatable bonds is 12. The number of aryl methyl sites for hydroxylation is 1. The Kier molecular flexibility index (Phi) is 10.0. The van der Waals surface area contributed by atoms with Gasteiger partial charge in [-0.3, -0.25) is 9.59 Å². The summed E-state index contributed by atoms with van der Waals surface area (Å²) in [5.41, 5.74) is 1.35. The largest absolute Gasteiger partial charge is 0.504 e. The van der Waals surface area contributed by atoms with Gasteiger partial charge in [0.1, 0.15) is 11.9 Å². The molecule has 1 aliphatic heterocycles.